The van der Waals surface area contributed by atoms with Crippen molar-refractivity contribution in [3.05, 3.63) is 88.9 Å². The molecule has 1 aliphatic rings. The van der Waals surface area contributed by atoms with Gasteiger partial charge < -0.3 is 14.4 Å². The van der Waals surface area contributed by atoms with E-state index >= 15 is 0 Å². The average molecular weight is 423 g/mol. The fraction of sp³-hybridized carbons (Fsp3) is 0.280. The summed E-state index contributed by atoms with van der Waals surface area (Å²) in [7, 11) is 1.69. The fourth-order valence-corrected chi connectivity index (χ4v) is 3.87. The molecule has 0 unspecified atom stereocenters. The summed E-state index contributed by atoms with van der Waals surface area (Å²) in [5.41, 5.74) is 3.61. The van der Waals surface area contributed by atoms with Crippen molar-refractivity contribution in [1.29, 1.82) is 0 Å². The largest absolute Gasteiger partial charge is 0.493 e. The molecule has 0 aliphatic carbocycles. The van der Waals surface area contributed by atoms with Crippen LogP contribution in [0, 0.1) is 0 Å². The first kappa shape index (κ1) is 20.6. The molecule has 3 aromatic rings. The summed E-state index contributed by atoms with van der Waals surface area (Å²) in [6, 6.07) is 24.5. The molecule has 1 saturated heterocycles. The molecule has 4 nitrogen and oxygen atoms in total. The molecular formula is C25H27ClN2O2. The zero-order valence-corrected chi connectivity index (χ0v) is 18.0. The highest BCUT2D eigenvalue weighted by Gasteiger charge is 2.18. The number of anilines is 1. The third-order valence-electron chi connectivity index (χ3n) is 5.44. The summed E-state index contributed by atoms with van der Waals surface area (Å²) >= 11 is 6.00. The Hall–Kier alpha value is -2.69. The van der Waals surface area contributed by atoms with E-state index in [9.17, 15) is 0 Å². The van der Waals surface area contributed by atoms with Crippen LogP contribution in [0.4, 0.5) is 5.69 Å². The molecule has 1 heterocycles. The number of methoxy groups -OCH3 is 1. The maximum Gasteiger partial charge on any atom is 0.161 e. The van der Waals surface area contributed by atoms with E-state index in [1.807, 2.05) is 36.4 Å². The molecule has 5 heteroatoms. The number of benzene rings is 3. The van der Waals surface area contributed by atoms with Crippen LogP contribution in [-0.2, 0) is 13.2 Å². The number of hydrogen-bond acceptors (Lipinski definition) is 4. The molecule has 30 heavy (non-hydrogen) atoms. The Kier molecular flexibility index (Phi) is 6.77. The van der Waals surface area contributed by atoms with Gasteiger partial charge in [-0.05, 0) is 47.5 Å². The van der Waals surface area contributed by atoms with Crippen molar-refractivity contribution >= 4 is 17.3 Å². The third kappa shape index (κ3) is 5.26. The molecule has 0 atom stereocenters. The van der Waals surface area contributed by atoms with Crippen LogP contribution in [0.1, 0.15) is 11.1 Å². The molecule has 3 aromatic carbocycles. The van der Waals surface area contributed by atoms with Gasteiger partial charge in [0.1, 0.15) is 6.61 Å². The summed E-state index contributed by atoms with van der Waals surface area (Å²) in [4.78, 5) is 4.89. The van der Waals surface area contributed by atoms with Crippen LogP contribution in [0.3, 0.4) is 0 Å². The van der Waals surface area contributed by atoms with E-state index < -0.39 is 0 Å². The summed E-state index contributed by atoms with van der Waals surface area (Å²) in [6.45, 7) is 5.51. The highest BCUT2D eigenvalue weighted by atomic mass is 35.5. The van der Waals surface area contributed by atoms with Gasteiger partial charge in [0, 0.05) is 43.4 Å². The number of rotatable bonds is 7. The summed E-state index contributed by atoms with van der Waals surface area (Å²) < 4.78 is 11.6. The van der Waals surface area contributed by atoms with E-state index in [1.54, 1.807) is 7.11 Å². The van der Waals surface area contributed by atoms with Crippen molar-refractivity contribution in [2.75, 3.05) is 38.2 Å². The van der Waals surface area contributed by atoms with Crippen LogP contribution in [0.25, 0.3) is 0 Å². The lowest BCUT2D eigenvalue weighted by Gasteiger charge is -2.36. The van der Waals surface area contributed by atoms with Gasteiger partial charge in [-0.15, -0.1) is 0 Å². The molecule has 1 fully saturated rings. The lowest BCUT2D eigenvalue weighted by atomic mass is 10.1. The second-order valence-electron chi connectivity index (χ2n) is 7.50. The van der Waals surface area contributed by atoms with E-state index in [0.717, 1.165) is 54.8 Å². The van der Waals surface area contributed by atoms with Crippen LogP contribution in [-0.4, -0.2) is 38.2 Å². The standard InChI is InChI=1S/C25H27ClN2O2/c1-29-25-17-21(7-12-24(25)30-19-20-5-3-2-4-6-20)18-27-13-15-28(16-14-27)23-10-8-22(26)9-11-23/h2-12,17H,13-16,18-19H2,1H3. The topological polar surface area (TPSA) is 24.9 Å². The normalized spacial score (nSPS) is 14.5. The van der Waals surface area contributed by atoms with Crippen LogP contribution >= 0.6 is 11.6 Å². The van der Waals surface area contributed by atoms with E-state index in [2.05, 4.69) is 46.2 Å². The first-order valence-electron chi connectivity index (χ1n) is 10.3. The quantitative estimate of drug-likeness (QED) is 0.519. The van der Waals surface area contributed by atoms with E-state index in [4.69, 9.17) is 21.1 Å². The number of halogens is 1. The van der Waals surface area contributed by atoms with Crippen molar-refractivity contribution in [2.24, 2.45) is 0 Å². The van der Waals surface area contributed by atoms with Gasteiger partial charge >= 0.3 is 0 Å². The molecule has 0 bridgehead atoms. The number of piperazine rings is 1. The highest BCUT2D eigenvalue weighted by Crippen LogP contribution is 2.29. The highest BCUT2D eigenvalue weighted by molar-refractivity contribution is 6.30. The summed E-state index contributed by atoms with van der Waals surface area (Å²) in [5, 5.41) is 0.780. The fourth-order valence-electron chi connectivity index (χ4n) is 3.74. The third-order valence-corrected chi connectivity index (χ3v) is 5.69. The zero-order valence-electron chi connectivity index (χ0n) is 17.3. The van der Waals surface area contributed by atoms with Gasteiger partial charge in [-0.1, -0.05) is 48.0 Å². The lowest BCUT2D eigenvalue weighted by molar-refractivity contribution is 0.248. The van der Waals surface area contributed by atoms with Crippen molar-refractivity contribution < 1.29 is 9.47 Å². The first-order valence-corrected chi connectivity index (χ1v) is 10.7. The second-order valence-corrected chi connectivity index (χ2v) is 7.94. The Morgan fingerprint density at radius 2 is 1.53 bits per heavy atom. The predicted molar refractivity (Wildman–Crippen MR) is 123 cm³/mol. The van der Waals surface area contributed by atoms with Crippen molar-refractivity contribution in [2.45, 2.75) is 13.2 Å². The molecule has 0 saturated carbocycles. The van der Waals surface area contributed by atoms with Crippen LogP contribution < -0.4 is 14.4 Å². The second kappa shape index (κ2) is 9.88. The molecular weight excluding hydrogens is 396 g/mol. The van der Waals surface area contributed by atoms with Gasteiger partial charge in [0.15, 0.2) is 11.5 Å². The Morgan fingerprint density at radius 3 is 2.23 bits per heavy atom. The molecule has 0 amide bonds. The van der Waals surface area contributed by atoms with Crippen LogP contribution in [0.15, 0.2) is 72.8 Å². The smallest absolute Gasteiger partial charge is 0.161 e. The van der Waals surface area contributed by atoms with Crippen LogP contribution in [0.5, 0.6) is 11.5 Å². The van der Waals surface area contributed by atoms with Crippen LogP contribution in [0.2, 0.25) is 5.02 Å². The van der Waals surface area contributed by atoms with Gasteiger partial charge in [-0.2, -0.15) is 0 Å². The predicted octanol–water partition coefficient (Wildman–Crippen LogP) is 5.25. The van der Waals surface area contributed by atoms with Gasteiger partial charge in [0.25, 0.3) is 0 Å². The van der Waals surface area contributed by atoms with Crippen molar-refractivity contribution in [3.8, 4) is 11.5 Å². The first-order chi connectivity index (χ1) is 14.7. The lowest BCUT2D eigenvalue weighted by Crippen LogP contribution is -2.45. The minimum absolute atomic E-state index is 0.531. The maximum atomic E-state index is 6.00. The minimum Gasteiger partial charge on any atom is -0.493 e. The molecule has 0 spiro atoms. The average Bonchev–Trinajstić information content (AvgIpc) is 2.80. The minimum atomic E-state index is 0.531. The number of ether oxygens (including phenoxy) is 2. The van der Waals surface area contributed by atoms with Gasteiger partial charge in [0.05, 0.1) is 7.11 Å². The molecule has 0 N–H and O–H groups in total. The van der Waals surface area contributed by atoms with Crippen molar-refractivity contribution in [3.63, 3.8) is 0 Å². The summed E-state index contributed by atoms with van der Waals surface area (Å²) in [5.74, 6) is 1.56. The molecule has 0 radical (unpaired) electrons. The Balaban J connectivity index is 1.33. The molecule has 156 valence electrons. The van der Waals surface area contributed by atoms with E-state index in [-0.39, 0.29) is 0 Å². The molecule has 4 rings (SSSR count). The Bertz CT molecular complexity index is 939. The Labute approximate surface area is 183 Å². The van der Waals surface area contributed by atoms with Crippen molar-refractivity contribution in [1.82, 2.24) is 4.90 Å². The van der Waals surface area contributed by atoms with Gasteiger partial charge in [-0.25, -0.2) is 0 Å². The molecule has 0 aromatic heterocycles. The Morgan fingerprint density at radius 1 is 0.800 bits per heavy atom. The van der Waals surface area contributed by atoms with E-state index in [0.29, 0.717) is 6.61 Å². The van der Waals surface area contributed by atoms with E-state index in [1.165, 1.54) is 11.3 Å². The zero-order chi connectivity index (χ0) is 20.8. The SMILES string of the molecule is COc1cc(CN2CCN(c3ccc(Cl)cc3)CC2)ccc1OCc1ccccc1. The van der Waals surface area contributed by atoms with Gasteiger partial charge in [-0.3, -0.25) is 4.90 Å². The maximum absolute atomic E-state index is 6.00. The number of hydrogen-bond donors (Lipinski definition) is 0. The summed E-state index contributed by atoms with van der Waals surface area (Å²) in [6.07, 6.45) is 0. The number of nitrogens with zero attached hydrogens (tertiary/aromatic N) is 2. The monoisotopic (exact) mass is 422 g/mol. The van der Waals surface area contributed by atoms with Gasteiger partial charge in [0.2, 0.25) is 0 Å². The molecule has 1 aliphatic heterocycles.